The van der Waals surface area contributed by atoms with Crippen LogP contribution in [0, 0.1) is 5.41 Å². The van der Waals surface area contributed by atoms with Gasteiger partial charge >= 0.3 is 7.12 Å². The smallest absolute Gasteiger partial charge is 0.427 e. The third-order valence-electron chi connectivity index (χ3n) is 7.53. The van der Waals surface area contributed by atoms with Gasteiger partial charge in [-0.1, -0.05) is 98.1 Å². The Bertz CT molecular complexity index is 1350. The summed E-state index contributed by atoms with van der Waals surface area (Å²) in [5.41, 5.74) is 7.11. The monoisotopic (exact) mass is 609 g/mol. The highest BCUT2D eigenvalue weighted by molar-refractivity contribution is 7.85. The lowest BCUT2D eigenvalue weighted by molar-refractivity contribution is -0.143. The van der Waals surface area contributed by atoms with Crippen molar-refractivity contribution in [2.24, 2.45) is 11.1 Å². The average Bonchev–Trinajstić information content (AvgIpc) is 3.50. The number of carbonyl (C=O) groups excluding carboxylic acids is 2. The van der Waals surface area contributed by atoms with Crippen molar-refractivity contribution in [2.75, 3.05) is 6.54 Å². The van der Waals surface area contributed by atoms with Crippen molar-refractivity contribution in [3.05, 3.63) is 102 Å². The molecule has 230 valence electrons. The van der Waals surface area contributed by atoms with Gasteiger partial charge in [0.1, 0.15) is 5.41 Å². The molecule has 3 aromatic rings. The summed E-state index contributed by atoms with van der Waals surface area (Å²) < 4.78 is 29.2. The van der Waals surface area contributed by atoms with E-state index in [2.05, 4.69) is 10.6 Å². The molecule has 1 unspecified atom stereocenters. The van der Waals surface area contributed by atoms with Gasteiger partial charge in [-0.15, -0.1) is 0 Å². The van der Waals surface area contributed by atoms with Gasteiger partial charge in [0.05, 0.1) is 11.1 Å². The molecular formula is C31H40BN3O7S. The summed E-state index contributed by atoms with van der Waals surface area (Å²) in [6, 6.07) is 27.5. The molecule has 0 aromatic heterocycles. The molecule has 0 aliphatic heterocycles. The van der Waals surface area contributed by atoms with E-state index in [1.807, 2.05) is 60.7 Å². The molecule has 1 aliphatic rings. The highest BCUT2D eigenvalue weighted by atomic mass is 32.2. The van der Waals surface area contributed by atoms with Crippen molar-refractivity contribution < 1.29 is 32.6 Å². The van der Waals surface area contributed by atoms with Crippen molar-refractivity contribution in [2.45, 2.75) is 61.8 Å². The minimum atomic E-state index is -4.00. The molecule has 4 rings (SSSR count). The molecule has 12 heteroatoms. The number of rotatable bonds is 12. The maximum atomic E-state index is 13.4. The highest BCUT2D eigenvalue weighted by Gasteiger charge is 2.48. The Morgan fingerprint density at radius 2 is 1.33 bits per heavy atom. The molecule has 0 saturated heterocycles. The highest BCUT2D eigenvalue weighted by Crippen LogP contribution is 2.39. The number of nitrogens with two attached hydrogens (primary N) is 1. The number of amides is 2. The third-order valence-corrected chi connectivity index (χ3v) is 8.40. The third kappa shape index (κ3) is 10.3. The van der Waals surface area contributed by atoms with Crippen molar-refractivity contribution in [3.63, 3.8) is 0 Å². The molecule has 1 atom stereocenters. The lowest BCUT2D eigenvalue weighted by atomic mass is 9.82. The number of hydrogen-bond donors (Lipinski definition) is 6. The largest absolute Gasteiger partial charge is 0.451 e. The lowest BCUT2D eigenvalue weighted by Crippen LogP contribution is -2.54. The molecule has 43 heavy (non-hydrogen) atoms. The van der Waals surface area contributed by atoms with E-state index in [1.165, 1.54) is 12.1 Å². The van der Waals surface area contributed by atoms with E-state index in [9.17, 15) is 18.0 Å². The molecular weight excluding hydrogens is 569 g/mol. The Kier molecular flexibility index (Phi) is 12.9. The molecule has 7 N–H and O–H groups in total. The SMILES string of the molecule is NC(CCCB(O)O)NC(=O)C1(C(=O)NCC(c2ccccc2)c2ccccc2)CCCC1.O=S(=O)(O)c1ccccc1. The molecule has 1 saturated carbocycles. The van der Waals surface area contributed by atoms with Gasteiger partial charge in [-0.05, 0) is 48.8 Å². The normalized spacial score (nSPS) is 14.7. The molecule has 0 spiro atoms. The minimum Gasteiger partial charge on any atom is -0.427 e. The summed E-state index contributed by atoms with van der Waals surface area (Å²) in [5.74, 6) is -0.622. The summed E-state index contributed by atoms with van der Waals surface area (Å²) in [5, 5.41) is 23.8. The molecule has 3 aromatic carbocycles. The number of nitrogens with one attached hydrogen (secondary N) is 2. The van der Waals surface area contributed by atoms with E-state index in [4.69, 9.17) is 20.3 Å². The van der Waals surface area contributed by atoms with Crippen molar-refractivity contribution in [1.29, 1.82) is 0 Å². The molecule has 2 amide bonds. The van der Waals surface area contributed by atoms with Crippen LogP contribution in [0.25, 0.3) is 0 Å². The van der Waals surface area contributed by atoms with E-state index >= 15 is 0 Å². The van der Waals surface area contributed by atoms with Crippen molar-refractivity contribution in [1.82, 2.24) is 10.6 Å². The zero-order valence-corrected chi connectivity index (χ0v) is 24.8. The maximum Gasteiger partial charge on any atom is 0.451 e. The zero-order valence-electron chi connectivity index (χ0n) is 24.0. The van der Waals surface area contributed by atoms with E-state index in [1.54, 1.807) is 18.2 Å². The predicted molar refractivity (Wildman–Crippen MR) is 165 cm³/mol. The minimum absolute atomic E-state index is 0.0231. The summed E-state index contributed by atoms with van der Waals surface area (Å²) >= 11 is 0. The van der Waals surface area contributed by atoms with Gasteiger partial charge < -0.3 is 26.4 Å². The van der Waals surface area contributed by atoms with Crippen molar-refractivity contribution >= 4 is 29.1 Å². The van der Waals surface area contributed by atoms with Crippen LogP contribution in [-0.2, 0) is 19.7 Å². The van der Waals surface area contributed by atoms with E-state index in [0.29, 0.717) is 32.2 Å². The molecule has 0 radical (unpaired) electrons. The Balaban J connectivity index is 0.000000428. The second kappa shape index (κ2) is 16.3. The van der Waals surface area contributed by atoms with Gasteiger partial charge in [-0.2, -0.15) is 8.42 Å². The van der Waals surface area contributed by atoms with Crippen LogP contribution in [0.2, 0.25) is 6.32 Å². The fourth-order valence-electron chi connectivity index (χ4n) is 5.19. The maximum absolute atomic E-state index is 13.4. The van der Waals surface area contributed by atoms with E-state index in [-0.39, 0.29) is 28.9 Å². The molecule has 1 fully saturated rings. The predicted octanol–water partition coefficient (Wildman–Crippen LogP) is 3.08. The first kappa shape index (κ1) is 34.0. The average molecular weight is 610 g/mol. The second-order valence-electron chi connectivity index (χ2n) is 10.7. The Morgan fingerprint density at radius 3 is 1.77 bits per heavy atom. The lowest BCUT2D eigenvalue weighted by Gasteiger charge is -2.29. The van der Waals surface area contributed by atoms with Gasteiger partial charge in [0, 0.05) is 12.5 Å². The van der Waals surface area contributed by atoms with E-state index in [0.717, 1.165) is 24.0 Å². The van der Waals surface area contributed by atoms with Crippen LogP contribution in [0.5, 0.6) is 0 Å². The van der Waals surface area contributed by atoms with Crippen molar-refractivity contribution in [3.8, 4) is 0 Å². The Hall–Kier alpha value is -3.55. The topological polar surface area (TPSA) is 179 Å². The Labute approximate surface area is 253 Å². The second-order valence-corrected chi connectivity index (χ2v) is 12.1. The van der Waals surface area contributed by atoms with Crippen LogP contribution in [0.1, 0.15) is 55.6 Å². The molecule has 0 bridgehead atoms. The summed E-state index contributed by atoms with van der Waals surface area (Å²) in [7, 11) is -5.39. The summed E-state index contributed by atoms with van der Waals surface area (Å²) in [4.78, 5) is 26.5. The first-order valence-electron chi connectivity index (χ1n) is 14.4. The molecule has 0 heterocycles. The quantitative estimate of drug-likeness (QED) is 0.0785. The zero-order chi connectivity index (χ0) is 31.3. The first-order chi connectivity index (χ1) is 20.5. The van der Waals surface area contributed by atoms with Gasteiger partial charge in [0.15, 0.2) is 0 Å². The van der Waals surface area contributed by atoms with Gasteiger partial charge in [-0.3, -0.25) is 14.1 Å². The number of hydrogen-bond acceptors (Lipinski definition) is 7. The van der Waals surface area contributed by atoms with Crippen LogP contribution >= 0.6 is 0 Å². The summed E-state index contributed by atoms with van der Waals surface area (Å²) in [6.07, 6.45) is 3.04. The first-order valence-corrected chi connectivity index (χ1v) is 15.8. The van der Waals surface area contributed by atoms with Crippen LogP contribution < -0.4 is 16.4 Å². The standard InChI is InChI=1S/C25H34BN3O4.C6H6O3S/c27-22(14-9-17-26(32)33)29-24(31)25(15-7-8-16-25)23(30)28-18-21(19-10-3-1-4-11-19)20-12-5-2-6-13-20;7-10(8,9)6-4-2-1-3-5-6/h1-6,10-13,21-22,32-33H,7-9,14-18,27H2,(H,28,30)(H,29,31);1-5H,(H,7,8,9). The molecule has 10 nitrogen and oxygen atoms in total. The van der Waals surface area contributed by atoms with Gasteiger partial charge in [0.25, 0.3) is 10.1 Å². The van der Waals surface area contributed by atoms with Crippen LogP contribution in [0.4, 0.5) is 0 Å². The van der Waals surface area contributed by atoms with Gasteiger partial charge in [0.2, 0.25) is 11.8 Å². The Morgan fingerprint density at radius 1 is 0.837 bits per heavy atom. The molecule has 1 aliphatic carbocycles. The fourth-order valence-corrected chi connectivity index (χ4v) is 5.69. The van der Waals surface area contributed by atoms with Crippen LogP contribution in [0.3, 0.4) is 0 Å². The number of benzene rings is 3. The summed E-state index contributed by atoms with van der Waals surface area (Å²) in [6.45, 7) is 0.391. The fraction of sp³-hybridized carbons (Fsp3) is 0.355. The number of carbonyl (C=O) groups is 2. The van der Waals surface area contributed by atoms with Crippen LogP contribution in [-0.4, -0.2) is 54.7 Å². The van der Waals surface area contributed by atoms with Gasteiger partial charge in [-0.25, -0.2) is 0 Å². The van der Waals surface area contributed by atoms with E-state index < -0.39 is 28.8 Å². The van der Waals surface area contributed by atoms with Crippen LogP contribution in [0.15, 0.2) is 95.9 Å².